The maximum absolute atomic E-state index is 2.36. The molecule has 1 aliphatic carbocycles. The first-order valence-corrected chi connectivity index (χ1v) is 11.4. The van der Waals surface area contributed by atoms with Crippen molar-refractivity contribution in [3.8, 4) is 0 Å². The number of fused-ring (bicyclic) bond motifs is 2. The second kappa shape index (κ2) is 8.84. The number of rotatable bonds is 3. The van der Waals surface area contributed by atoms with E-state index in [2.05, 4.69) is 127 Å². The normalized spacial score (nSPS) is 18.6. The molecular weight excluding hydrogens is 388 g/mol. The second-order valence-corrected chi connectivity index (χ2v) is 8.57. The monoisotopic (exact) mass is 417 g/mol. The molecule has 0 bridgehead atoms. The number of benzene rings is 2. The zero-order chi connectivity index (χ0) is 21.9. The van der Waals surface area contributed by atoms with Gasteiger partial charge in [0.15, 0.2) is 0 Å². The maximum Gasteiger partial charge on any atom is 0.212 e. The van der Waals surface area contributed by atoms with Crippen LogP contribution in [-0.4, -0.2) is 7.05 Å². The first kappa shape index (κ1) is 20.3. The molecule has 2 heteroatoms. The van der Waals surface area contributed by atoms with Gasteiger partial charge in [0.1, 0.15) is 7.05 Å². The lowest BCUT2D eigenvalue weighted by atomic mass is 9.94. The largest absolute Gasteiger partial charge is 0.344 e. The summed E-state index contributed by atoms with van der Waals surface area (Å²) in [7, 11) is 4.28. The van der Waals surface area contributed by atoms with E-state index in [1.165, 1.54) is 51.1 Å². The van der Waals surface area contributed by atoms with Crippen LogP contribution in [0.5, 0.6) is 0 Å². The summed E-state index contributed by atoms with van der Waals surface area (Å²) in [6.45, 7) is 0. The summed E-state index contributed by atoms with van der Waals surface area (Å²) in [5, 5.41) is 1.27. The van der Waals surface area contributed by atoms with Crippen molar-refractivity contribution >= 4 is 28.7 Å². The van der Waals surface area contributed by atoms with Crippen molar-refractivity contribution in [1.82, 2.24) is 0 Å². The maximum atomic E-state index is 2.36. The molecule has 0 radical (unpaired) electrons. The predicted octanol–water partition coefficient (Wildman–Crippen LogP) is 6.76. The average molecular weight is 418 g/mol. The number of aryl methyl sites for hydroxylation is 1. The molecular formula is C30H29N2+. The fourth-order valence-electron chi connectivity index (χ4n) is 4.58. The van der Waals surface area contributed by atoms with Crippen LogP contribution in [-0.2, 0) is 7.05 Å². The summed E-state index contributed by atoms with van der Waals surface area (Å²) in [5.41, 5.74) is 9.01. The van der Waals surface area contributed by atoms with Crippen LogP contribution in [0.3, 0.4) is 0 Å². The van der Waals surface area contributed by atoms with Crippen molar-refractivity contribution in [2.45, 2.75) is 19.3 Å². The molecule has 5 rings (SSSR count). The van der Waals surface area contributed by atoms with Crippen LogP contribution in [0.2, 0.25) is 0 Å². The van der Waals surface area contributed by atoms with Gasteiger partial charge in [-0.1, -0.05) is 54.6 Å². The van der Waals surface area contributed by atoms with Gasteiger partial charge in [-0.15, -0.1) is 0 Å². The van der Waals surface area contributed by atoms with Crippen LogP contribution in [0.15, 0.2) is 108 Å². The first-order chi connectivity index (χ1) is 15.7. The lowest BCUT2D eigenvalue weighted by Crippen LogP contribution is -2.32. The Morgan fingerprint density at radius 1 is 0.844 bits per heavy atom. The number of allylic oxidation sites excluding steroid dienone is 7. The standard InChI is InChI=1S/C30H29N2/c1-31-27(20-16-25-10-3-5-12-29(25)31)18-14-23-8-7-9-24(22-23)15-19-28-21-17-26-11-4-6-13-30(26)32(28)2/h3-6,10-22H,7-9H2,1-2H3/q+1. The zero-order valence-corrected chi connectivity index (χ0v) is 18.8. The molecule has 1 aromatic heterocycles. The fraction of sp³-hybridized carbons (Fsp3) is 0.167. The van der Waals surface area contributed by atoms with Crippen LogP contribution < -0.4 is 9.47 Å². The van der Waals surface area contributed by atoms with Gasteiger partial charge in [0.25, 0.3) is 0 Å². The van der Waals surface area contributed by atoms with Crippen molar-refractivity contribution in [1.29, 1.82) is 0 Å². The average Bonchev–Trinajstić information content (AvgIpc) is 2.84. The summed E-state index contributed by atoms with van der Waals surface area (Å²) in [5.74, 6) is 0. The number of nitrogens with zero attached hydrogens (tertiary/aromatic N) is 2. The van der Waals surface area contributed by atoms with Gasteiger partial charge in [-0.05, 0) is 66.3 Å². The van der Waals surface area contributed by atoms with Gasteiger partial charge >= 0.3 is 0 Å². The molecule has 2 heterocycles. The number of likely N-dealkylation sites (N-methyl/N-ethyl adjacent to an activating group) is 1. The molecule has 2 nitrogen and oxygen atoms in total. The molecule has 3 aromatic rings. The Labute approximate surface area is 190 Å². The van der Waals surface area contributed by atoms with E-state index in [4.69, 9.17) is 0 Å². The van der Waals surface area contributed by atoms with E-state index in [1.807, 2.05) is 0 Å². The number of hydrogen-bond acceptors (Lipinski definition) is 1. The quantitative estimate of drug-likeness (QED) is 0.427. The third-order valence-electron chi connectivity index (χ3n) is 6.48. The summed E-state index contributed by atoms with van der Waals surface area (Å²) in [6.07, 6.45) is 19.3. The Bertz CT molecular complexity index is 1320. The minimum Gasteiger partial charge on any atom is -0.344 e. The van der Waals surface area contributed by atoms with Crippen molar-refractivity contribution < 1.29 is 4.57 Å². The van der Waals surface area contributed by atoms with Gasteiger partial charge in [-0.3, -0.25) is 0 Å². The first-order valence-electron chi connectivity index (χ1n) is 11.4. The molecule has 1 aliphatic heterocycles. The third-order valence-corrected chi connectivity index (χ3v) is 6.48. The molecule has 2 aliphatic rings. The van der Waals surface area contributed by atoms with Gasteiger partial charge in [-0.2, -0.15) is 4.57 Å². The molecule has 0 fully saturated rings. The van der Waals surface area contributed by atoms with Crippen LogP contribution >= 0.6 is 0 Å². The highest BCUT2D eigenvalue weighted by Gasteiger charge is 2.13. The number of pyridine rings is 1. The Morgan fingerprint density at radius 3 is 2.62 bits per heavy atom. The molecule has 158 valence electrons. The molecule has 0 saturated heterocycles. The van der Waals surface area contributed by atoms with Crippen LogP contribution in [0.25, 0.3) is 23.1 Å². The summed E-state index contributed by atoms with van der Waals surface area (Å²) >= 11 is 0. The van der Waals surface area contributed by atoms with E-state index in [0.717, 1.165) is 12.8 Å². The molecule has 0 saturated carbocycles. The molecule has 0 N–H and O–H groups in total. The predicted molar refractivity (Wildman–Crippen MR) is 136 cm³/mol. The van der Waals surface area contributed by atoms with E-state index < -0.39 is 0 Å². The van der Waals surface area contributed by atoms with Gasteiger partial charge in [0, 0.05) is 42.0 Å². The van der Waals surface area contributed by atoms with Crippen molar-refractivity contribution in [2.75, 3.05) is 11.9 Å². The number of para-hydroxylation sites is 2. The Kier molecular flexibility index (Phi) is 5.60. The fourth-order valence-corrected chi connectivity index (χ4v) is 4.58. The Balaban J connectivity index is 1.37. The van der Waals surface area contributed by atoms with Gasteiger partial charge in [-0.25, -0.2) is 0 Å². The topological polar surface area (TPSA) is 7.12 Å². The second-order valence-electron chi connectivity index (χ2n) is 8.57. The van der Waals surface area contributed by atoms with Crippen LogP contribution in [0.4, 0.5) is 5.69 Å². The van der Waals surface area contributed by atoms with Crippen molar-refractivity contribution in [3.05, 3.63) is 119 Å². The third kappa shape index (κ3) is 4.09. The minimum atomic E-state index is 1.13. The van der Waals surface area contributed by atoms with Gasteiger partial charge in [0.05, 0.1) is 0 Å². The van der Waals surface area contributed by atoms with Crippen molar-refractivity contribution in [3.63, 3.8) is 0 Å². The van der Waals surface area contributed by atoms with E-state index in [1.54, 1.807) is 0 Å². The molecule has 2 aromatic carbocycles. The zero-order valence-electron chi connectivity index (χ0n) is 18.8. The summed E-state index contributed by atoms with van der Waals surface area (Å²) in [6, 6.07) is 21.5. The molecule has 0 amide bonds. The van der Waals surface area contributed by atoms with Gasteiger partial charge < -0.3 is 4.90 Å². The number of anilines is 1. The highest BCUT2D eigenvalue weighted by atomic mass is 15.1. The minimum absolute atomic E-state index is 1.13. The SMILES string of the molecule is CN1C(=CC=C2C=C(C=Cc3ccc4ccccc4[n+]3C)CCC2)C=Cc2ccccc21. The molecule has 0 atom stereocenters. The highest BCUT2D eigenvalue weighted by molar-refractivity contribution is 5.77. The van der Waals surface area contributed by atoms with Gasteiger partial charge in [0.2, 0.25) is 11.2 Å². The Morgan fingerprint density at radius 2 is 1.69 bits per heavy atom. The smallest absolute Gasteiger partial charge is 0.212 e. The lowest BCUT2D eigenvalue weighted by molar-refractivity contribution is -0.646. The summed E-state index contributed by atoms with van der Waals surface area (Å²) in [4.78, 5) is 2.26. The van der Waals surface area contributed by atoms with E-state index in [0.29, 0.717) is 0 Å². The molecule has 0 unspecified atom stereocenters. The van der Waals surface area contributed by atoms with E-state index in [-0.39, 0.29) is 0 Å². The van der Waals surface area contributed by atoms with Crippen LogP contribution in [0, 0.1) is 0 Å². The number of hydrogen-bond donors (Lipinski definition) is 0. The molecule has 32 heavy (non-hydrogen) atoms. The van der Waals surface area contributed by atoms with E-state index in [9.17, 15) is 0 Å². The Hall–Kier alpha value is -3.65. The van der Waals surface area contributed by atoms with Crippen molar-refractivity contribution in [2.24, 2.45) is 7.05 Å². The van der Waals surface area contributed by atoms with Crippen LogP contribution in [0.1, 0.15) is 30.5 Å². The van der Waals surface area contributed by atoms with E-state index >= 15 is 0 Å². The number of aromatic nitrogens is 1. The molecule has 0 spiro atoms. The summed E-state index contributed by atoms with van der Waals surface area (Å²) < 4.78 is 2.26. The lowest BCUT2D eigenvalue weighted by Gasteiger charge is -2.26. The highest BCUT2D eigenvalue weighted by Crippen LogP contribution is 2.30.